The van der Waals surface area contributed by atoms with Gasteiger partial charge in [-0.05, 0) is 44.5 Å². The molecule has 0 aromatic heterocycles. The SMILES string of the molecule is CC(C)(C)OC(=O)N[C@]1(C(F)(C#N)S(=O)(=O)c2ccccc2)C(=O)N(Cc2ccccc2)c2ccccc21. The zero-order valence-electron chi connectivity index (χ0n) is 21.0. The Hall–Kier alpha value is -4.23. The molecule has 2 atom stereocenters. The lowest BCUT2D eigenvalue weighted by molar-refractivity contribution is -0.127. The molecule has 1 N–H and O–H groups in total. The van der Waals surface area contributed by atoms with Gasteiger partial charge in [0.25, 0.3) is 5.91 Å². The number of alkyl carbamates (subject to hydrolysis) is 1. The Bertz CT molecular complexity index is 1520. The molecule has 0 saturated carbocycles. The summed E-state index contributed by atoms with van der Waals surface area (Å²) in [5.41, 5.74) is -3.42. The van der Waals surface area contributed by atoms with Gasteiger partial charge >= 0.3 is 11.1 Å². The number of sulfone groups is 1. The number of rotatable bonds is 6. The van der Waals surface area contributed by atoms with Crippen molar-refractivity contribution in [3.63, 3.8) is 0 Å². The average molecular weight is 536 g/mol. The van der Waals surface area contributed by atoms with E-state index in [9.17, 15) is 23.3 Å². The van der Waals surface area contributed by atoms with E-state index in [1.54, 1.807) is 57.2 Å². The summed E-state index contributed by atoms with van der Waals surface area (Å²) in [6.07, 6.45) is -1.26. The van der Waals surface area contributed by atoms with Gasteiger partial charge in [0.1, 0.15) is 11.7 Å². The highest BCUT2D eigenvalue weighted by Gasteiger charge is 2.73. The quantitative estimate of drug-likeness (QED) is 0.493. The molecule has 1 aliphatic heterocycles. The summed E-state index contributed by atoms with van der Waals surface area (Å²) in [7, 11) is -5.20. The molecule has 0 saturated heterocycles. The van der Waals surface area contributed by atoms with Gasteiger partial charge in [0.15, 0.2) is 0 Å². The summed E-state index contributed by atoms with van der Waals surface area (Å²) in [6, 6.07) is 22.4. The molecule has 3 aromatic rings. The second-order valence-electron chi connectivity index (χ2n) is 9.79. The summed E-state index contributed by atoms with van der Waals surface area (Å²) in [4.78, 5) is 28.0. The number of nitrogens with zero attached hydrogens (tertiary/aromatic N) is 2. The van der Waals surface area contributed by atoms with E-state index in [2.05, 4.69) is 5.32 Å². The second-order valence-corrected chi connectivity index (χ2v) is 11.8. The van der Waals surface area contributed by atoms with E-state index in [1.165, 1.54) is 42.5 Å². The largest absolute Gasteiger partial charge is 0.444 e. The van der Waals surface area contributed by atoms with Crippen molar-refractivity contribution in [2.24, 2.45) is 0 Å². The lowest BCUT2D eigenvalue weighted by Gasteiger charge is -2.37. The minimum atomic E-state index is -5.20. The number of halogens is 1. The Labute approximate surface area is 220 Å². The Morgan fingerprint density at radius 1 is 1.00 bits per heavy atom. The van der Waals surface area contributed by atoms with Gasteiger partial charge in [0.2, 0.25) is 15.4 Å². The topological polar surface area (TPSA) is 117 Å². The average Bonchev–Trinajstić information content (AvgIpc) is 3.11. The van der Waals surface area contributed by atoms with Crippen molar-refractivity contribution in [2.45, 2.75) is 48.4 Å². The number of fused-ring (bicyclic) bond motifs is 1. The van der Waals surface area contributed by atoms with Crippen LogP contribution in [0.4, 0.5) is 14.9 Å². The number of alkyl halides is 1. The molecule has 0 spiro atoms. The molecule has 0 aliphatic carbocycles. The molecule has 0 radical (unpaired) electrons. The zero-order chi connectivity index (χ0) is 27.8. The first-order valence-electron chi connectivity index (χ1n) is 11.7. The van der Waals surface area contributed by atoms with E-state index < -0.39 is 42.9 Å². The fourth-order valence-corrected chi connectivity index (χ4v) is 6.06. The predicted octanol–water partition coefficient (Wildman–Crippen LogP) is 4.62. The zero-order valence-corrected chi connectivity index (χ0v) is 21.8. The second kappa shape index (κ2) is 9.58. The van der Waals surface area contributed by atoms with Gasteiger partial charge in [0.05, 0.1) is 17.1 Å². The van der Waals surface area contributed by atoms with Crippen LogP contribution in [0.3, 0.4) is 0 Å². The third kappa shape index (κ3) is 4.29. The van der Waals surface area contributed by atoms with E-state index in [0.29, 0.717) is 5.56 Å². The first-order valence-corrected chi connectivity index (χ1v) is 13.2. The molecule has 1 heterocycles. The molecule has 10 heteroatoms. The minimum Gasteiger partial charge on any atom is -0.444 e. The minimum absolute atomic E-state index is 0.0681. The summed E-state index contributed by atoms with van der Waals surface area (Å²) in [5, 5.41) is 8.45. The third-order valence-electron chi connectivity index (χ3n) is 6.09. The van der Waals surface area contributed by atoms with Crippen LogP contribution in [0.2, 0.25) is 0 Å². The van der Waals surface area contributed by atoms with Crippen molar-refractivity contribution >= 4 is 27.5 Å². The number of benzene rings is 3. The smallest absolute Gasteiger partial charge is 0.408 e. The van der Waals surface area contributed by atoms with Crippen LogP contribution >= 0.6 is 0 Å². The molecule has 8 nitrogen and oxygen atoms in total. The molecule has 196 valence electrons. The Morgan fingerprint density at radius 3 is 2.13 bits per heavy atom. The molecule has 0 bridgehead atoms. The standard InChI is InChI=1S/C28H26FN3O5S/c1-26(2,3)37-25(34)31-28(27(29,19-30)38(35,36)21-14-8-5-9-15-21)22-16-10-11-17-23(22)32(24(28)33)18-20-12-6-4-7-13-20/h4-17H,18H2,1-3H3,(H,31,34)/t27?,28-/m0/s1. The number of ether oxygens (including phenoxy) is 1. The maximum atomic E-state index is 17.3. The third-order valence-corrected chi connectivity index (χ3v) is 8.12. The lowest BCUT2D eigenvalue weighted by Crippen LogP contribution is -2.67. The molecule has 1 aliphatic rings. The van der Waals surface area contributed by atoms with Crippen LogP contribution < -0.4 is 10.2 Å². The number of amides is 2. The number of para-hydroxylation sites is 1. The van der Waals surface area contributed by atoms with Crippen LogP contribution in [-0.4, -0.2) is 31.0 Å². The van der Waals surface area contributed by atoms with Gasteiger partial charge in [0, 0.05) is 5.56 Å². The molecule has 0 fully saturated rings. The predicted molar refractivity (Wildman–Crippen MR) is 138 cm³/mol. The molecule has 1 unspecified atom stereocenters. The number of carbonyl (C=O) groups excluding carboxylic acids is 2. The molecule has 4 rings (SSSR count). The van der Waals surface area contributed by atoms with E-state index in [-0.39, 0.29) is 17.8 Å². The van der Waals surface area contributed by atoms with E-state index >= 15 is 4.39 Å². The van der Waals surface area contributed by atoms with Crippen LogP contribution in [0.5, 0.6) is 0 Å². The van der Waals surface area contributed by atoms with Crippen LogP contribution in [-0.2, 0) is 31.5 Å². The van der Waals surface area contributed by atoms with Gasteiger partial charge < -0.3 is 9.64 Å². The van der Waals surface area contributed by atoms with Crippen LogP contribution in [0.15, 0.2) is 89.8 Å². The van der Waals surface area contributed by atoms with Crippen molar-refractivity contribution in [1.29, 1.82) is 5.26 Å². The molecule has 3 aromatic carbocycles. The Balaban J connectivity index is 1.99. The lowest BCUT2D eigenvalue weighted by atomic mass is 9.86. The molecular formula is C28H26FN3O5S. The highest BCUT2D eigenvalue weighted by atomic mass is 32.2. The molecular weight excluding hydrogens is 509 g/mol. The van der Waals surface area contributed by atoms with Crippen molar-refractivity contribution in [3.05, 3.63) is 96.1 Å². The fraction of sp³-hybridized carbons (Fsp3) is 0.250. The van der Waals surface area contributed by atoms with Crippen molar-refractivity contribution < 1.29 is 27.1 Å². The number of anilines is 1. The number of carbonyl (C=O) groups is 2. The van der Waals surface area contributed by atoms with Gasteiger partial charge in [-0.15, -0.1) is 0 Å². The van der Waals surface area contributed by atoms with Gasteiger partial charge in [-0.25, -0.2) is 17.6 Å². The fourth-order valence-electron chi connectivity index (χ4n) is 4.45. The van der Waals surface area contributed by atoms with Gasteiger partial charge in [-0.2, -0.15) is 5.26 Å². The first-order chi connectivity index (χ1) is 17.9. The number of nitriles is 1. The maximum absolute atomic E-state index is 17.3. The number of hydrogen-bond donors (Lipinski definition) is 1. The first kappa shape index (κ1) is 26.8. The normalized spacial score (nSPS) is 18.7. The number of hydrogen-bond acceptors (Lipinski definition) is 6. The maximum Gasteiger partial charge on any atom is 0.408 e. The molecule has 2 amide bonds. The summed E-state index contributed by atoms with van der Waals surface area (Å²) in [6.45, 7) is 4.60. The highest BCUT2D eigenvalue weighted by molar-refractivity contribution is 7.93. The molecule has 38 heavy (non-hydrogen) atoms. The van der Waals surface area contributed by atoms with Gasteiger partial charge in [-0.3, -0.25) is 10.1 Å². The Morgan fingerprint density at radius 2 is 1.55 bits per heavy atom. The summed E-state index contributed by atoms with van der Waals surface area (Å²) >= 11 is 0. The van der Waals surface area contributed by atoms with Crippen molar-refractivity contribution in [3.8, 4) is 6.07 Å². The monoisotopic (exact) mass is 535 g/mol. The van der Waals surface area contributed by atoms with E-state index in [0.717, 1.165) is 17.0 Å². The van der Waals surface area contributed by atoms with Crippen LogP contribution in [0.25, 0.3) is 0 Å². The Kier molecular flexibility index (Phi) is 6.76. The van der Waals surface area contributed by atoms with Crippen molar-refractivity contribution in [2.75, 3.05) is 4.90 Å². The van der Waals surface area contributed by atoms with Crippen molar-refractivity contribution in [1.82, 2.24) is 5.32 Å². The van der Waals surface area contributed by atoms with E-state index in [1.807, 2.05) is 0 Å². The van der Waals surface area contributed by atoms with Crippen LogP contribution in [0, 0.1) is 11.3 Å². The highest BCUT2D eigenvalue weighted by Crippen LogP contribution is 2.52. The van der Waals surface area contributed by atoms with Gasteiger partial charge in [-0.1, -0.05) is 66.7 Å². The summed E-state index contributed by atoms with van der Waals surface area (Å²) < 4.78 is 50.2. The van der Waals surface area contributed by atoms with Crippen LogP contribution in [0.1, 0.15) is 31.9 Å². The summed E-state index contributed by atoms with van der Waals surface area (Å²) in [5.74, 6) is -1.13. The van der Waals surface area contributed by atoms with E-state index in [4.69, 9.17) is 4.74 Å². The number of nitrogens with one attached hydrogen (secondary N) is 1.